The molecule has 138 valence electrons. The van der Waals surface area contributed by atoms with Crippen molar-refractivity contribution in [1.82, 2.24) is 0 Å². The maximum absolute atomic E-state index is 10.8. The summed E-state index contributed by atoms with van der Waals surface area (Å²) in [5.74, 6) is -1.56. The smallest absolute Gasteiger partial charge is 0.164 e. The Balaban J connectivity index is 1.59. The Bertz CT molecular complexity index is 584. The highest BCUT2D eigenvalue weighted by atomic mass is 16.8. The minimum atomic E-state index is -0.824. The minimum absolute atomic E-state index is 0.387. The lowest BCUT2D eigenvalue weighted by Crippen LogP contribution is -2.62. The molecule has 4 rings (SSSR count). The Morgan fingerprint density at radius 1 is 0.840 bits per heavy atom. The zero-order valence-corrected chi connectivity index (χ0v) is 15.0. The average Bonchev–Trinajstić information content (AvgIpc) is 3.04. The lowest BCUT2D eigenvalue weighted by atomic mass is 9.85. The second-order valence-electron chi connectivity index (χ2n) is 7.88. The number of aliphatic hydroxyl groups is 1. The largest absolute Gasteiger partial charge is 0.387 e. The van der Waals surface area contributed by atoms with E-state index >= 15 is 0 Å². The molecule has 2 heterocycles. The summed E-state index contributed by atoms with van der Waals surface area (Å²) in [7, 11) is 0. The number of fused-ring (bicyclic) bond motifs is 2. The monoisotopic (exact) mass is 350 g/mol. The molecule has 1 saturated carbocycles. The molecule has 3 fully saturated rings. The van der Waals surface area contributed by atoms with Gasteiger partial charge in [-0.25, -0.2) is 0 Å². The molecule has 1 N–H and O–H groups in total. The Labute approximate surface area is 148 Å². The summed E-state index contributed by atoms with van der Waals surface area (Å²) in [4.78, 5) is 0. The summed E-state index contributed by atoms with van der Waals surface area (Å²) < 4.78 is 30.2. The summed E-state index contributed by atoms with van der Waals surface area (Å²) in [5.41, 5.74) is 1.07. The molecule has 0 radical (unpaired) electrons. The van der Waals surface area contributed by atoms with E-state index in [1.165, 1.54) is 0 Å². The molecular formula is C19H26O6. The Hall–Kier alpha value is -1.02. The fourth-order valence-corrected chi connectivity index (χ4v) is 4.00. The van der Waals surface area contributed by atoms with Gasteiger partial charge in [-0.1, -0.05) is 30.3 Å². The first-order valence-corrected chi connectivity index (χ1v) is 8.81. The van der Waals surface area contributed by atoms with Crippen LogP contribution in [0.2, 0.25) is 0 Å². The van der Waals surface area contributed by atoms with Gasteiger partial charge in [-0.2, -0.15) is 0 Å². The molecule has 3 aliphatic rings. The van der Waals surface area contributed by atoms with Crippen LogP contribution in [0.4, 0.5) is 0 Å². The van der Waals surface area contributed by atoms with Crippen LogP contribution in [0.5, 0.6) is 0 Å². The maximum atomic E-state index is 10.8. The zero-order valence-electron chi connectivity index (χ0n) is 15.0. The first-order chi connectivity index (χ1) is 11.8. The molecule has 0 aromatic heterocycles. The summed E-state index contributed by atoms with van der Waals surface area (Å²) >= 11 is 0. The van der Waals surface area contributed by atoms with E-state index in [9.17, 15) is 5.11 Å². The lowest BCUT2D eigenvalue weighted by molar-refractivity contribution is -0.190. The number of hydrogen-bond donors (Lipinski definition) is 1. The van der Waals surface area contributed by atoms with Crippen LogP contribution < -0.4 is 0 Å². The van der Waals surface area contributed by atoms with Gasteiger partial charge in [-0.15, -0.1) is 0 Å². The molecule has 1 aliphatic carbocycles. The van der Waals surface area contributed by atoms with Gasteiger partial charge >= 0.3 is 0 Å². The van der Waals surface area contributed by atoms with Gasteiger partial charge in [0.25, 0.3) is 0 Å². The van der Waals surface area contributed by atoms with Crippen molar-refractivity contribution in [2.75, 3.05) is 0 Å². The maximum Gasteiger partial charge on any atom is 0.164 e. The van der Waals surface area contributed by atoms with E-state index in [0.29, 0.717) is 6.61 Å². The van der Waals surface area contributed by atoms with E-state index in [4.69, 9.17) is 23.7 Å². The number of aliphatic hydroxyl groups excluding tert-OH is 1. The van der Waals surface area contributed by atoms with Crippen molar-refractivity contribution in [3.8, 4) is 0 Å². The SMILES string of the molecule is CC1(C)O[C@@H]2C(OCc3ccccc3)[C@@H]3OC(C)(C)O[C@H]3C(O)[C@@H]2O1. The summed E-state index contributed by atoms with van der Waals surface area (Å²) in [5, 5.41) is 10.8. The minimum Gasteiger partial charge on any atom is -0.387 e. The fourth-order valence-electron chi connectivity index (χ4n) is 4.00. The summed E-state index contributed by atoms with van der Waals surface area (Å²) in [6.07, 6.45) is -3.04. The van der Waals surface area contributed by atoms with Crippen molar-refractivity contribution in [2.45, 2.75) is 82.5 Å². The number of rotatable bonds is 3. The number of hydrogen-bond acceptors (Lipinski definition) is 6. The fraction of sp³-hybridized carbons (Fsp3) is 0.684. The van der Waals surface area contributed by atoms with Gasteiger partial charge < -0.3 is 28.8 Å². The third-order valence-electron chi connectivity index (χ3n) is 4.93. The second kappa shape index (κ2) is 6.01. The van der Waals surface area contributed by atoms with Crippen LogP contribution in [0.25, 0.3) is 0 Å². The van der Waals surface area contributed by atoms with Crippen molar-refractivity contribution < 1.29 is 28.8 Å². The van der Waals surface area contributed by atoms with E-state index in [-0.39, 0.29) is 6.10 Å². The molecular weight excluding hydrogens is 324 g/mol. The highest BCUT2D eigenvalue weighted by molar-refractivity contribution is 5.14. The molecule has 1 aromatic rings. The highest BCUT2D eigenvalue weighted by Gasteiger charge is 2.63. The Morgan fingerprint density at radius 2 is 1.32 bits per heavy atom. The summed E-state index contributed by atoms with van der Waals surface area (Å²) in [6, 6.07) is 9.95. The van der Waals surface area contributed by atoms with Gasteiger partial charge in [0.1, 0.15) is 36.6 Å². The Kier molecular flexibility index (Phi) is 4.18. The predicted octanol–water partition coefficient (Wildman–Crippen LogP) is 1.99. The summed E-state index contributed by atoms with van der Waals surface area (Å²) in [6.45, 7) is 7.80. The van der Waals surface area contributed by atoms with Gasteiger partial charge in [-0.05, 0) is 33.3 Å². The lowest BCUT2D eigenvalue weighted by Gasteiger charge is -2.40. The van der Waals surface area contributed by atoms with Crippen LogP contribution in [0.1, 0.15) is 33.3 Å². The van der Waals surface area contributed by atoms with Gasteiger partial charge in [0.15, 0.2) is 11.6 Å². The quantitative estimate of drug-likeness (QED) is 0.899. The van der Waals surface area contributed by atoms with Gasteiger partial charge in [-0.3, -0.25) is 0 Å². The number of benzene rings is 1. The van der Waals surface area contributed by atoms with E-state index in [1.54, 1.807) is 0 Å². The molecule has 2 saturated heterocycles. The molecule has 0 amide bonds. The number of ether oxygens (including phenoxy) is 5. The van der Waals surface area contributed by atoms with Crippen molar-refractivity contribution in [3.63, 3.8) is 0 Å². The third kappa shape index (κ3) is 3.23. The first kappa shape index (κ1) is 17.4. The van der Waals surface area contributed by atoms with E-state index in [0.717, 1.165) is 5.56 Å². The van der Waals surface area contributed by atoms with Crippen molar-refractivity contribution in [3.05, 3.63) is 35.9 Å². The van der Waals surface area contributed by atoms with Crippen LogP contribution in [-0.2, 0) is 30.3 Å². The molecule has 2 aliphatic heterocycles. The van der Waals surface area contributed by atoms with Crippen LogP contribution in [0, 0.1) is 0 Å². The molecule has 6 atom stereocenters. The topological polar surface area (TPSA) is 66.4 Å². The molecule has 6 nitrogen and oxygen atoms in total. The van der Waals surface area contributed by atoms with Crippen molar-refractivity contribution >= 4 is 0 Å². The van der Waals surface area contributed by atoms with E-state index < -0.39 is 42.1 Å². The molecule has 1 aromatic carbocycles. The standard InChI is InChI=1S/C19H26O6/c1-18(2)22-13-12(20)14-17(25-19(3,4)23-14)15(16(13)24-18)21-10-11-8-6-5-7-9-11/h5-9,12-17,20H,10H2,1-4H3/t12?,13-,14-,15?,16-,17+/m0/s1. The van der Waals surface area contributed by atoms with Crippen LogP contribution in [0.3, 0.4) is 0 Å². The molecule has 6 heteroatoms. The van der Waals surface area contributed by atoms with Crippen LogP contribution in [-0.4, -0.2) is 53.3 Å². The highest BCUT2D eigenvalue weighted by Crippen LogP contribution is 2.45. The van der Waals surface area contributed by atoms with Crippen molar-refractivity contribution in [1.29, 1.82) is 0 Å². The van der Waals surface area contributed by atoms with Gasteiger partial charge in [0.2, 0.25) is 0 Å². The molecule has 0 bridgehead atoms. The van der Waals surface area contributed by atoms with Crippen LogP contribution >= 0.6 is 0 Å². The second-order valence-corrected chi connectivity index (χ2v) is 7.88. The van der Waals surface area contributed by atoms with Gasteiger partial charge in [0.05, 0.1) is 6.61 Å². The third-order valence-corrected chi connectivity index (χ3v) is 4.93. The normalized spacial score (nSPS) is 41.3. The average molecular weight is 350 g/mol. The molecule has 2 unspecified atom stereocenters. The van der Waals surface area contributed by atoms with Crippen molar-refractivity contribution in [2.24, 2.45) is 0 Å². The molecule has 25 heavy (non-hydrogen) atoms. The van der Waals surface area contributed by atoms with E-state index in [1.807, 2.05) is 58.0 Å². The van der Waals surface area contributed by atoms with Gasteiger partial charge in [0, 0.05) is 0 Å². The molecule has 0 spiro atoms. The van der Waals surface area contributed by atoms with E-state index in [2.05, 4.69) is 0 Å². The first-order valence-electron chi connectivity index (χ1n) is 8.81. The Morgan fingerprint density at radius 3 is 1.84 bits per heavy atom. The zero-order chi connectivity index (χ0) is 17.8. The predicted molar refractivity (Wildman–Crippen MR) is 88.7 cm³/mol. The van der Waals surface area contributed by atoms with Crippen LogP contribution in [0.15, 0.2) is 30.3 Å².